The highest BCUT2D eigenvalue weighted by Crippen LogP contribution is 2.24. The van der Waals surface area contributed by atoms with Crippen molar-refractivity contribution in [1.29, 1.82) is 0 Å². The van der Waals surface area contributed by atoms with Crippen molar-refractivity contribution in [1.82, 2.24) is 5.32 Å². The molecule has 0 heterocycles. The highest BCUT2D eigenvalue weighted by atomic mass is 16.5. The summed E-state index contributed by atoms with van der Waals surface area (Å²) in [5, 5.41) is 3.03. The van der Waals surface area contributed by atoms with Gasteiger partial charge in [-0.2, -0.15) is 0 Å². The molecule has 2 aromatic rings. The van der Waals surface area contributed by atoms with Crippen LogP contribution in [0.1, 0.15) is 24.8 Å². The van der Waals surface area contributed by atoms with E-state index in [1.807, 2.05) is 54.6 Å². The minimum absolute atomic E-state index is 0.0119. The molecular weight excluding hydrogens is 328 g/mol. The lowest BCUT2D eigenvalue weighted by Gasteiger charge is -2.19. The summed E-state index contributed by atoms with van der Waals surface area (Å²) >= 11 is 0. The Kier molecular flexibility index (Phi) is 6.50. The van der Waals surface area contributed by atoms with Gasteiger partial charge in [-0.25, -0.2) is 0 Å². The fourth-order valence-corrected chi connectivity index (χ4v) is 3.28. The molecule has 1 saturated carbocycles. The van der Waals surface area contributed by atoms with Crippen LogP contribution >= 0.6 is 0 Å². The number of carbonyl (C=O) groups excluding carboxylic acids is 1. The van der Waals surface area contributed by atoms with Crippen LogP contribution in [0.4, 0.5) is 0 Å². The Morgan fingerprint density at radius 1 is 1.00 bits per heavy atom. The van der Waals surface area contributed by atoms with Crippen LogP contribution in [0, 0.1) is 5.92 Å². The number of hydrogen-bond donors (Lipinski definition) is 2. The number of nitrogens with two attached hydrogens (primary N) is 1. The van der Waals surface area contributed by atoms with Gasteiger partial charge in [0.1, 0.15) is 18.1 Å². The van der Waals surface area contributed by atoms with E-state index in [1.165, 1.54) is 0 Å². The first kappa shape index (κ1) is 18.3. The smallest absolute Gasteiger partial charge is 0.258 e. The fraction of sp³-hybridized carbons (Fsp3) is 0.381. The zero-order valence-corrected chi connectivity index (χ0v) is 14.9. The molecule has 1 amide bonds. The Morgan fingerprint density at radius 2 is 1.69 bits per heavy atom. The molecule has 0 saturated heterocycles. The van der Waals surface area contributed by atoms with E-state index in [1.54, 1.807) is 0 Å². The lowest BCUT2D eigenvalue weighted by atomic mass is 10.0. The quantitative estimate of drug-likeness (QED) is 0.764. The van der Waals surface area contributed by atoms with Crippen molar-refractivity contribution in [3.8, 4) is 11.5 Å². The molecule has 2 unspecified atom stereocenters. The first-order chi connectivity index (χ1) is 12.7. The highest BCUT2D eigenvalue weighted by Gasteiger charge is 2.27. The first-order valence-corrected chi connectivity index (χ1v) is 9.13. The molecule has 138 valence electrons. The van der Waals surface area contributed by atoms with Gasteiger partial charge in [-0.15, -0.1) is 0 Å². The molecule has 0 bridgehead atoms. The van der Waals surface area contributed by atoms with E-state index < -0.39 is 0 Å². The molecule has 0 aromatic heterocycles. The van der Waals surface area contributed by atoms with Crippen LogP contribution in [0.15, 0.2) is 54.6 Å². The summed E-state index contributed by atoms with van der Waals surface area (Å²) in [4.78, 5) is 12.1. The zero-order chi connectivity index (χ0) is 18.2. The molecule has 5 nitrogen and oxygen atoms in total. The Labute approximate surface area is 154 Å². The maximum Gasteiger partial charge on any atom is 0.258 e. The van der Waals surface area contributed by atoms with Crippen molar-refractivity contribution in [2.75, 3.05) is 13.2 Å². The van der Waals surface area contributed by atoms with Crippen molar-refractivity contribution in [2.24, 2.45) is 11.7 Å². The molecular formula is C21H26N2O3. The molecule has 5 heteroatoms. The van der Waals surface area contributed by atoms with E-state index in [4.69, 9.17) is 15.2 Å². The maximum atomic E-state index is 12.1. The van der Waals surface area contributed by atoms with Crippen molar-refractivity contribution < 1.29 is 14.3 Å². The second-order valence-corrected chi connectivity index (χ2v) is 6.64. The van der Waals surface area contributed by atoms with Crippen molar-refractivity contribution in [3.05, 3.63) is 60.2 Å². The van der Waals surface area contributed by atoms with Gasteiger partial charge in [0.25, 0.3) is 5.91 Å². The second kappa shape index (κ2) is 9.25. The van der Waals surface area contributed by atoms with Crippen LogP contribution < -0.4 is 20.5 Å². The number of nitrogens with one attached hydrogen (secondary N) is 1. The topological polar surface area (TPSA) is 73.6 Å². The minimum Gasteiger partial charge on any atom is -0.489 e. The van der Waals surface area contributed by atoms with E-state index in [0.717, 1.165) is 30.6 Å². The Bertz CT molecular complexity index is 688. The average molecular weight is 354 g/mol. The third kappa shape index (κ3) is 5.23. The van der Waals surface area contributed by atoms with Crippen LogP contribution in [-0.4, -0.2) is 25.1 Å². The molecule has 1 aliphatic carbocycles. The largest absolute Gasteiger partial charge is 0.489 e. The third-order valence-corrected chi connectivity index (χ3v) is 4.75. The van der Waals surface area contributed by atoms with E-state index in [0.29, 0.717) is 24.8 Å². The van der Waals surface area contributed by atoms with Gasteiger partial charge in [-0.05, 0) is 55.1 Å². The molecule has 2 atom stereocenters. The van der Waals surface area contributed by atoms with E-state index >= 15 is 0 Å². The van der Waals surface area contributed by atoms with E-state index in [9.17, 15) is 4.79 Å². The van der Waals surface area contributed by atoms with Gasteiger partial charge < -0.3 is 20.5 Å². The van der Waals surface area contributed by atoms with Crippen LogP contribution in [0.3, 0.4) is 0 Å². The van der Waals surface area contributed by atoms with E-state index in [-0.39, 0.29) is 18.6 Å². The highest BCUT2D eigenvalue weighted by molar-refractivity contribution is 5.77. The predicted octanol–water partition coefficient (Wildman–Crippen LogP) is 2.89. The van der Waals surface area contributed by atoms with Crippen molar-refractivity contribution in [3.63, 3.8) is 0 Å². The molecule has 0 spiro atoms. The number of amides is 1. The molecule has 0 radical (unpaired) electrons. The predicted molar refractivity (Wildman–Crippen MR) is 101 cm³/mol. The minimum atomic E-state index is -0.0974. The Balaban J connectivity index is 1.42. The van der Waals surface area contributed by atoms with Gasteiger partial charge in [0.05, 0.1) is 0 Å². The molecule has 3 N–H and O–H groups in total. The standard InChI is InChI=1S/C21H26N2O3/c22-13-17-7-4-8-20(17)23-21(24)15-26-19-11-9-18(10-12-19)25-14-16-5-2-1-3-6-16/h1-3,5-6,9-12,17,20H,4,7-8,13-15,22H2,(H,23,24). The average Bonchev–Trinajstić information content (AvgIpc) is 3.13. The van der Waals surface area contributed by atoms with Gasteiger partial charge in [0.15, 0.2) is 6.61 Å². The molecule has 2 aromatic carbocycles. The first-order valence-electron chi connectivity index (χ1n) is 9.13. The monoisotopic (exact) mass is 354 g/mol. The molecule has 1 fully saturated rings. The summed E-state index contributed by atoms with van der Waals surface area (Å²) in [6.45, 7) is 1.15. The van der Waals surface area contributed by atoms with Crippen LogP contribution in [-0.2, 0) is 11.4 Å². The van der Waals surface area contributed by atoms with Crippen LogP contribution in [0.5, 0.6) is 11.5 Å². The van der Waals surface area contributed by atoms with Gasteiger partial charge in [-0.3, -0.25) is 4.79 Å². The Hall–Kier alpha value is -2.53. The number of hydrogen-bond acceptors (Lipinski definition) is 4. The molecule has 26 heavy (non-hydrogen) atoms. The third-order valence-electron chi connectivity index (χ3n) is 4.75. The molecule has 3 rings (SSSR count). The van der Waals surface area contributed by atoms with Crippen molar-refractivity contribution >= 4 is 5.91 Å². The molecule has 0 aliphatic heterocycles. The summed E-state index contributed by atoms with van der Waals surface area (Å²) in [5.74, 6) is 1.70. The second-order valence-electron chi connectivity index (χ2n) is 6.64. The van der Waals surface area contributed by atoms with Crippen LogP contribution in [0.2, 0.25) is 0 Å². The van der Waals surface area contributed by atoms with Crippen LogP contribution in [0.25, 0.3) is 0 Å². The summed E-state index contributed by atoms with van der Waals surface area (Å²) < 4.78 is 11.3. The zero-order valence-electron chi connectivity index (χ0n) is 14.9. The fourth-order valence-electron chi connectivity index (χ4n) is 3.28. The number of ether oxygens (including phenoxy) is 2. The number of benzene rings is 2. The summed E-state index contributed by atoms with van der Waals surface area (Å²) in [6, 6.07) is 17.5. The summed E-state index contributed by atoms with van der Waals surface area (Å²) in [6.07, 6.45) is 3.21. The van der Waals surface area contributed by atoms with Gasteiger partial charge in [0.2, 0.25) is 0 Å². The number of carbonyl (C=O) groups is 1. The van der Waals surface area contributed by atoms with E-state index in [2.05, 4.69) is 5.32 Å². The summed E-state index contributed by atoms with van der Waals surface area (Å²) in [5.41, 5.74) is 6.86. The Morgan fingerprint density at radius 3 is 2.38 bits per heavy atom. The van der Waals surface area contributed by atoms with Gasteiger partial charge >= 0.3 is 0 Å². The lowest BCUT2D eigenvalue weighted by molar-refractivity contribution is -0.124. The van der Waals surface area contributed by atoms with Crippen molar-refractivity contribution in [2.45, 2.75) is 31.9 Å². The number of rotatable bonds is 8. The normalized spacial score (nSPS) is 19.1. The van der Waals surface area contributed by atoms with Gasteiger partial charge in [-0.1, -0.05) is 36.8 Å². The molecule has 1 aliphatic rings. The summed E-state index contributed by atoms with van der Waals surface area (Å²) in [7, 11) is 0. The van der Waals surface area contributed by atoms with Gasteiger partial charge in [0, 0.05) is 6.04 Å². The SMILES string of the molecule is NCC1CCCC1NC(=O)COc1ccc(OCc2ccccc2)cc1. The maximum absolute atomic E-state index is 12.1. The lowest BCUT2D eigenvalue weighted by Crippen LogP contribution is -2.42.